The number of hydrogen-bond donors (Lipinski definition) is 1. The van der Waals surface area contributed by atoms with Gasteiger partial charge in [-0.2, -0.15) is 5.10 Å². The first-order valence-corrected chi connectivity index (χ1v) is 9.09. The third-order valence-electron chi connectivity index (χ3n) is 4.81. The molecular weight excluding hydrogens is 328 g/mol. The second kappa shape index (κ2) is 7.72. The number of nitrogens with zero attached hydrogens (tertiary/aromatic N) is 4. The van der Waals surface area contributed by atoms with E-state index in [2.05, 4.69) is 15.1 Å². The van der Waals surface area contributed by atoms with Gasteiger partial charge in [-0.05, 0) is 42.2 Å². The van der Waals surface area contributed by atoms with Crippen LogP contribution in [0.4, 0.5) is 5.82 Å². The highest BCUT2D eigenvalue weighted by atomic mass is 16.3. The highest BCUT2D eigenvalue weighted by Crippen LogP contribution is 2.26. The number of phenolic OH excluding ortho intramolecular Hbond substituents is 1. The molecule has 1 aromatic heterocycles. The molecule has 2 heterocycles. The molecule has 1 fully saturated rings. The highest BCUT2D eigenvalue weighted by molar-refractivity contribution is 5.79. The van der Waals surface area contributed by atoms with Crippen LogP contribution in [0.3, 0.4) is 0 Å². The summed E-state index contributed by atoms with van der Waals surface area (Å²) in [7, 11) is 0. The van der Waals surface area contributed by atoms with Crippen LogP contribution in [-0.4, -0.2) is 52.3 Å². The Morgan fingerprint density at radius 2 is 1.85 bits per heavy atom. The van der Waals surface area contributed by atoms with Crippen molar-refractivity contribution < 1.29 is 9.90 Å². The third kappa shape index (κ3) is 4.12. The van der Waals surface area contributed by atoms with Crippen LogP contribution >= 0.6 is 0 Å². The van der Waals surface area contributed by atoms with E-state index in [1.165, 1.54) is 0 Å². The van der Waals surface area contributed by atoms with Gasteiger partial charge in [-0.1, -0.05) is 26.0 Å². The number of carbonyl (C=O) groups excluding carboxylic acids is 1. The maximum absolute atomic E-state index is 12.6. The van der Waals surface area contributed by atoms with Crippen LogP contribution in [0, 0.1) is 6.92 Å². The Balaban J connectivity index is 1.57. The predicted octanol–water partition coefficient (Wildman–Crippen LogP) is 2.51. The normalized spacial score (nSPS) is 14.8. The van der Waals surface area contributed by atoms with Crippen molar-refractivity contribution in [3.05, 3.63) is 47.2 Å². The average molecular weight is 354 g/mol. The maximum atomic E-state index is 12.6. The van der Waals surface area contributed by atoms with Gasteiger partial charge in [0.05, 0.1) is 12.1 Å². The van der Waals surface area contributed by atoms with Crippen molar-refractivity contribution in [2.75, 3.05) is 31.1 Å². The van der Waals surface area contributed by atoms with E-state index < -0.39 is 0 Å². The molecule has 0 bridgehead atoms. The van der Waals surface area contributed by atoms with E-state index in [1.54, 1.807) is 6.07 Å². The summed E-state index contributed by atoms with van der Waals surface area (Å²) in [4.78, 5) is 16.6. The minimum Gasteiger partial charge on any atom is -0.508 e. The van der Waals surface area contributed by atoms with Crippen molar-refractivity contribution in [1.82, 2.24) is 15.1 Å². The number of benzene rings is 1. The lowest BCUT2D eigenvalue weighted by atomic mass is 9.99. The molecule has 0 atom stereocenters. The Labute approximate surface area is 154 Å². The zero-order valence-electron chi connectivity index (χ0n) is 15.6. The summed E-state index contributed by atoms with van der Waals surface area (Å²) < 4.78 is 0. The summed E-state index contributed by atoms with van der Waals surface area (Å²) >= 11 is 0. The van der Waals surface area contributed by atoms with Gasteiger partial charge in [-0.25, -0.2) is 0 Å². The van der Waals surface area contributed by atoms with Crippen LogP contribution in [0.1, 0.15) is 36.6 Å². The van der Waals surface area contributed by atoms with Crippen LogP contribution in [0.5, 0.6) is 5.75 Å². The average Bonchev–Trinajstić information content (AvgIpc) is 2.62. The summed E-state index contributed by atoms with van der Waals surface area (Å²) in [5.41, 5.74) is 2.66. The first kappa shape index (κ1) is 18.2. The zero-order chi connectivity index (χ0) is 18.7. The van der Waals surface area contributed by atoms with E-state index in [4.69, 9.17) is 0 Å². The molecule has 3 rings (SSSR count). The van der Waals surface area contributed by atoms with Crippen LogP contribution in [0.2, 0.25) is 0 Å². The molecule has 1 amide bonds. The molecule has 0 radical (unpaired) electrons. The number of anilines is 1. The lowest BCUT2D eigenvalue weighted by molar-refractivity contribution is -0.130. The molecule has 1 aliphatic rings. The highest BCUT2D eigenvalue weighted by Gasteiger charge is 2.22. The fourth-order valence-corrected chi connectivity index (χ4v) is 3.22. The fraction of sp³-hybridized carbons (Fsp3) is 0.450. The van der Waals surface area contributed by atoms with Crippen molar-refractivity contribution in [3.63, 3.8) is 0 Å². The quantitative estimate of drug-likeness (QED) is 0.914. The van der Waals surface area contributed by atoms with Gasteiger partial charge in [0, 0.05) is 26.2 Å². The smallest absolute Gasteiger partial charge is 0.227 e. The number of piperazine rings is 1. The van der Waals surface area contributed by atoms with E-state index in [1.807, 2.05) is 49.9 Å². The maximum Gasteiger partial charge on any atom is 0.227 e. The molecule has 2 aromatic rings. The fourth-order valence-electron chi connectivity index (χ4n) is 3.22. The van der Waals surface area contributed by atoms with E-state index in [9.17, 15) is 9.90 Å². The first-order valence-electron chi connectivity index (χ1n) is 9.09. The van der Waals surface area contributed by atoms with Crippen LogP contribution in [0.15, 0.2) is 30.3 Å². The molecule has 1 aromatic carbocycles. The zero-order valence-corrected chi connectivity index (χ0v) is 15.6. The van der Waals surface area contributed by atoms with Crippen molar-refractivity contribution in [3.8, 4) is 5.75 Å². The second-order valence-electron chi connectivity index (χ2n) is 7.13. The number of hydrogen-bond acceptors (Lipinski definition) is 5. The molecular formula is C20H26N4O2. The third-order valence-corrected chi connectivity index (χ3v) is 4.81. The van der Waals surface area contributed by atoms with Gasteiger partial charge < -0.3 is 14.9 Å². The van der Waals surface area contributed by atoms with Gasteiger partial charge in [0.1, 0.15) is 5.75 Å². The lowest BCUT2D eigenvalue weighted by Gasteiger charge is -2.35. The summed E-state index contributed by atoms with van der Waals surface area (Å²) in [5.74, 6) is 1.49. The Bertz CT molecular complexity index is 766. The van der Waals surface area contributed by atoms with Crippen LogP contribution in [0.25, 0.3) is 0 Å². The number of carbonyl (C=O) groups is 1. The molecule has 26 heavy (non-hydrogen) atoms. The Kier molecular flexibility index (Phi) is 5.40. The monoisotopic (exact) mass is 354 g/mol. The molecule has 1 saturated heterocycles. The molecule has 138 valence electrons. The van der Waals surface area contributed by atoms with Crippen molar-refractivity contribution in [2.45, 2.75) is 33.1 Å². The number of rotatable bonds is 4. The predicted molar refractivity (Wildman–Crippen MR) is 101 cm³/mol. The summed E-state index contributed by atoms with van der Waals surface area (Å²) in [5, 5.41) is 18.4. The second-order valence-corrected chi connectivity index (χ2v) is 7.13. The standard InChI is InChI=1S/C20H26N4O2/c1-14(2)17-6-5-16(12-18(17)25)13-20(26)24-10-8-23(9-11-24)19-7-4-15(3)21-22-19/h4-7,12,14,25H,8-11,13H2,1-3H3. The molecule has 0 unspecified atom stereocenters. The van der Waals surface area contributed by atoms with Crippen molar-refractivity contribution in [1.29, 1.82) is 0 Å². The van der Waals surface area contributed by atoms with E-state index in [0.717, 1.165) is 35.7 Å². The van der Waals surface area contributed by atoms with Crippen LogP contribution in [-0.2, 0) is 11.2 Å². The minimum atomic E-state index is 0.0938. The molecule has 1 aliphatic heterocycles. The molecule has 0 spiro atoms. The lowest BCUT2D eigenvalue weighted by Crippen LogP contribution is -2.49. The summed E-state index contributed by atoms with van der Waals surface area (Å²) in [6, 6.07) is 9.49. The Hall–Kier alpha value is -2.63. The number of aromatic hydroxyl groups is 1. The van der Waals surface area contributed by atoms with E-state index >= 15 is 0 Å². The van der Waals surface area contributed by atoms with Crippen molar-refractivity contribution in [2.24, 2.45) is 0 Å². The Morgan fingerprint density at radius 3 is 2.42 bits per heavy atom. The molecule has 6 heteroatoms. The number of aromatic nitrogens is 2. The van der Waals surface area contributed by atoms with Gasteiger partial charge in [-0.3, -0.25) is 4.79 Å². The van der Waals surface area contributed by atoms with Gasteiger partial charge in [0.25, 0.3) is 0 Å². The van der Waals surface area contributed by atoms with Gasteiger partial charge in [0.2, 0.25) is 5.91 Å². The van der Waals surface area contributed by atoms with Crippen molar-refractivity contribution >= 4 is 11.7 Å². The summed E-state index contributed by atoms with van der Waals surface area (Å²) in [6.45, 7) is 8.84. The van der Waals surface area contributed by atoms with Crippen LogP contribution < -0.4 is 4.90 Å². The number of phenols is 1. The molecule has 6 nitrogen and oxygen atoms in total. The topological polar surface area (TPSA) is 69.6 Å². The van der Waals surface area contributed by atoms with E-state index in [0.29, 0.717) is 19.5 Å². The van der Waals surface area contributed by atoms with Gasteiger partial charge in [-0.15, -0.1) is 5.10 Å². The van der Waals surface area contributed by atoms with Gasteiger partial charge in [0.15, 0.2) is 5.82 Å². The molecule has 0 saturated carbocycles. The largest absolute Gasteiger partial charge is 0.508 e. The summed E-state index contributed by atoms with van der Waals surface area (Å²) in [6.07, 6.45) is 0.316. The van der Waals surface area contributed by atoms with E-state index in [-0.39, 0.29) is 17.6 Å². The van der Waals surface area contributed by atoms with Gasteiger partial charge >= 0.3 is 0 Å². The minimum absolute atomic E-state index is 0.0938. The SMILES string of the molecule is Cc1ccc(N2CCN(C(=O)Cc3ccc(C(C)C)c(O)c3)CC2)nn1. The number of amides is 1. The number of aryl methyl sites for hydroxylation is 1. The molecule has 0 aliphatic carbocycles. The Morgan fingerprint density at radius 1 is 1.12 bits per heavy atom. The first-order chi connectivity index (χ1) is 12.4. The molecule has 1 N–H and O–H groups in total.